The fourth-order valence-corrected chi connectivity index (χ4v) is 2.37. The molecule has 0 saturated carbocycles. The molecule has 3 nitrogen and oxygen atoms in total. The van der Waals surface area contributed by atoms with Crippen molar-refractivity contribution < 1.29 is 4.79 Å². The number of aryl methyl sites for hydroxylation is 2. The van der Waals surface area contributed by atoms with Crippen LogP contribution in [-0.4, -0.2) is 10.5 Å². The van der Waals surface area contributed by atoms with Gasteiger partial charge in [0.2, 0.25) is 0 Å². The molecule has 1 heterocycles. The summed E-state index contributed by atoms with van der Waals surface area (Å²) < 4.78 is 1.97. The molecule has 0 spiro atoms. The second-order valence-electron chi connectivity index (χ2n) is 4.99. The van der Waals surface area contributed by atoms with Crippen LogP contribution in [0.1, 0.15) is 15.9 Å². The maximum Gasteiger partial charge on any atom is 0.257 e. The zero-order chi connectivity index (χ0) is 14.1. The van der Waals surface area contributed by atoms with E-state index in [1.165, 1.54) is 5.56 Å². The van der Waals surface area contributed by atoms with Crippen molar-refractivity contribution >= 4 is 22.5 Å². The number of nitrogens with one attached hydrogen (secondary N) is 1. The van der Waals surface area contributed by atoms with Crippen LogP contribution in [0, 0.1) is 6.92 Å². The van der Waals surface area contributed by atoms with Gasteiger partial charge in [0.05, 0.1) is 11.1 Å². The van der Waals surface area contributed by atoms with Gasteiger partial charge in [0.25, 0.3) is 5.91 Å². The SMILES string of the molecule is Cc1ccc(NC(=O)c2cccc3ccn(C)c23)cc1. The Bertz CT molecular complexity index is 769. The van der Waals surface area contributed by atoms with E-state index in [0.29, 0.717) is 5.56 Å². The fraction of sp³-hybridized carbons (Fsp3) is 0.118. The number of para-hydroxylation sites is 1. The van der Waals surface area contributed by atoms with E-state index < -0.39 is 0 Å². The summed E-state index contributed by atoms with van der Waals surface area (Å²) in [5.41, 5.74) is 3.63. The van der Waals surface area contributed by atoms with E-state index in [2.05, 4.69) is 5.32 Å². The zero-order valence-electron chi connectivity index (χ0n) is 11.6. The van der Waals surface area contributed by atoms with Crippen molar-refractivity contribution in [3.05, 3.63) is 65.9 Å². The number of aromatic nitrogens is 1. The Morgan fingerprint density at radius 3 is 2.55 bits per heavy atom. The Morgan fingerprint density at radius 2 is 1.80 bits per heavy atom. The molecule has 0 saturated heterocycles. The molecule has 0 aliphatic heterocycles. The molecular weight excluding hydrogens is 248 g/mol. The van der Waals surface area contributed by atoms with Crippen LogP contribution in [-0.2, 0) is 7.05 Å². The lowest BCUT2D eigenvalue weighted by atomic mass is 10.1. The van der Waals surface area contributed by atoms with Crippen LogP contribution in [0.15, 0.2) is 54.7 Å². The first-order valence-corrected chi connectivity index (χ1v) is 6.57. The summed E-state index contributed by atoms with van der Waals surface area (Å²) in [6, 6.07) is 15.6. The minimum Gasteiger partial charge on any atom is -0.350 e. The first-order chi connectivity index (χ1) is 9.65. The van der Waals surface area contributed by atoms with Crippen LogP contribution in [0.25, 0.3) is 10.9 Å². The summed E-state index contributed by atoms with van der Waals surface area (Å²) in [5.74, 6) is -0.0822. The highest BCUT2D eigenvalue weighted by Crippen LogP contribution is 2.20. The third-order valence-corrected chi connectivity index (χ3v) is 3.45. The number of carbonyl (C=O) groups is 1. The van der Waals surface area contributed by atoms with E-state index in [4.69, 9.17) is 0 Å². The monoisotopic (exact) mass is 264 g/mol. The molecule has 0 bridgehead atoms. The molecule has 0 aliphatic rings. The number of benzene rings is 2. The lowest BCUT2D eigenvalue weighted by Gasteiger charge is -2.08. The van der Waals surface area contributed by atoms with E-state index in [1.807, 2.05) is 73.3 Å². The Hall–Kier alpha value is -2.55. The van der Waals surface area contributed by atoms with E-state index in [-0.39, 0.29) is 5.91 Å². The van der Waals surface area contributed by atoms with Crippen molar-refractivity contribution in [1.29, 1.82) is 0 Å². The average Bonchev–Trinajstić information content (AvgIpc) is 2.83. The number of amides is 1. The molecule has 0 unspecified atom stereocenters. The summed E-state index contributed by atoms with van der Waals surface area (Å²) >= 11 is 0. The Morgan fingerprint density at radius 1 is 1.05 bits per heavy atom. The molecule has 100 valence electrons. The van der Waals surface area contributed by atoms with Crippen molar-refractivity contribution in [3.8, 4) is 0 Å². The summed E-state index contributed by atoms with van der Waals surface area (Å²) in [7, 11) is 1.95. The predicted octanol–water partition coefficient (Wildman–Crippen LogP) is 3.74. The van der Waals surface area contributed by atoms with Crippen LogP contribution in [0.2, 0.25) is 0 Å². The molecule has 0 aliphatic carbocycles. The standard InChI is InChI=1S/C17H16N2O/c1-12-6-8-14(9-7-12)18-17(20)15-5-3-4-13-10-11-19(2)16(13)15/h3-11H,1-2H3,(H,18,20). The van der Waals surface area contributed by atoms with Crippen molar-refractivity contribution in [1.82, 2.24) is 4.57 Å². The van der Waals surface area contributed by atoms with Crippen LogP contribution in [0.4, 0.5) is 5.69 Å². The lowest BCUT2D eigenvalue weighted by molar-refractivity contribution is 0.102. The molecule has 0 radical (unpaired) electrons. The molecule has 3 aromatic rings. The topological polar surface area (TPSA) is 34.0 Å². The van der Waals surface area contributed by atoms with Crippen molar-refractivity contribution in [2.45, 2.75) is 6.92 Å². The molecule has 2 aromatic carbocycles. The van der Waals surface area contributed by atoms with E-state index in [9.17, 15) is 4.79 Å². The number of nitrogens with zero attached hydrogens (tertiary/aromatic N) is 1. The molecule has 1 N–H and O–H groups in total. The Kier molecular flexibility index (Phi) is 3.03. The summed E-state index contributed by atoms with van der Waals surface area (Å²) in [6.07, 6.45) is 1.97. The number of rotatable bonds is 2. The third kappa shape index (κ3) is 2.18. The number of hydrogen-bond donors (Lipinski definition) is 1. The second-order valence-corrected chi connectivity index (χ2v) is 4.99. The van der Waals surface area contributed by atoms with Gasteiger partial charge in [0.15, 0.2) is 0 Å². The van der Waals surface area contributed by atoms with E-state index in [0.717, 1.165) is 16.6 Å². The van der Waals surface area contributed by atoms with Crippen LogP contribution in [0.3, 0.4) is 0 Å². The minimum absolute atomic E-state index is 0.0822. The first kappa shape index (κ1) is 12.5. The molecule has 0 atom stereocenters. The summed E-state index contributed by atoms with van der Waals surface area (Å²) in [4.78, 5) is 12.4. The first-order valence-electron chi connectivity index (χ1n) is 6.57. The van der Waals surface area contributed by atoms with Gasteiger partial charge >= 0.3 is 0 Å². The maximum atomic E-state index is 12.4. The molecule has 20 heavy (non-hydrogen) atoms. The summed E-state index contributed by atoms with van der Waals surface area (Å²) in [5, 5.41) is 4.02. The van der Waals surface area contributed by atoms with Crippen molar-refractivity contribution in [2.24, 2.45) is 7.05 Å². The summed E-state index contributed by atoms with van der Waals surface area (Å²) in [6.45, 7) is 2.02. The highest BCUT2D eigenvalue weighted by Gasteiger charge is 2.12. The third-order valence-electron chi connectivity index (χ3n) is 3.45. The quantitative estimate of drug-likeness (QED) is 0.751. The van der Waals surface area contributed by atoms with E-state index >= 15 is 0 Å². The van der Waals surface area contributed by atoms with E-state index in [1.54, 1.807) is 0 Å². The highest BCUT2D eigenvalue weighted by molar-refractivity contribution is 6.12. The lowest BCUT2D eigenvalue weighted by Crippen LogP contribution is -2.13. The Labute approximate surface area is 117 Å². The molecular formula is C17H16N2O. The number of fused-ring (bicyclic) bond motifs is 1. The van der Waals surface area contributed by atoms with Gasteiger partial charge in [0.1, 0.15) is 0 Å². The van der Waals surface area contributed by atoms with Gasteiger partial charge < -0.3 is 9.88 Å². The normalized spacial score (nSPS) is 10.7. The number of hydrogen-bond acceptors (Lipinski definition) is 1. The number of carbonyl (C=O) groups excluding carboxylic acids is 1. The largest absolute Gasteiger partial charge is 0.350 e. The van der Waals surface area contributed by atoms with Crippen LogP contribution in [0.5, 0.6) is 0 Å². The van der Waals surface area contributed by atoms with Crippen LogP contribution < -0.4 is 5.32 Å². The van der Waals surface area contributed by atoms with Gasteiger partial charge in [0, 0.05) is 24.3 Å². The van der Waals surface area contributed by atoms with Gasteiger partial charge in [-0.15, -0.1) is 0 Å². The molecule has 0 fully saturated rings. The van der Waals surface area contributed by atoms with Crippen molar-refractivity contribution in [3.63, 3.8) is 0 Å². The van der Waals surface area contributed by atoms with Gasteiger partial charge in [-0.05, 0) is 31.2 Å². The maximum absolute atomic E-state index is 12.4. The molecule has 1 aromatic heterocycles. The Balaban J connectivity index is 1.96. The van der Waals surface area contributed by atoms with Gasteiger partial charge in [-0.2, -0.15) is 0 Å². The smallest absolute Gasteiger partial charge is 0.257 e. The van der Waals surface area contributed by atoms with Crippen molar-refractivity contribution in [2.75, 3.05) is 5.32 Å². The van der Waals surface area contributed by atoms with Crippen LogP contribution >= 0.6 is 0 Å². The minimum atomic E-state index is -0.0822. The highest BCUT2D eigenvalue weighted by atomic mass is 16.1. The number of anilines is 1. The predicted molar refractivity (Wildman–Crippen MR) is 82.1 cm³/mol. The average molecular weight is 264 g/mol. The molecule has 1 amide bonds. The van der Waals surface area contributed by atoms with Gasteiger partial charge in [-0.25, -0.2) is 0 Å². The second kappa shape index (κ2) is 4.85. The molecule has 3 heteroatoms. The van der Waals surface area contributed by atoms with Gasteiger partial charge in [-0.1, -0.05) is 29.8 Å². The van der Waals surface area contributed by atoms with Gasteiger partial charge in [-0.3, -0.25) is 4.79 Å². The zero-order valence-corrected chi connectivity index (χ0v) is 11.6. The molecule has 3 rings (SSSR count). The fourth-order valence-electron chi connectivity index (χ4n) is 2.37.